The molecule has 5 heteroatoms. The predicted molar refractivity (Wildman–Crippen MR) is 71.9 cm³/mol. The first-order valence-corrected chi connectivity index (χ1v) is 5.59. The molecule has 0 aliphatic carbocycles. The van der Waals surface area contributed by atoms with Gasteiger partial charge in [0.1, 0.15) is 17.7 Å². The molecule has 2 rings (SSSR count). The fourth-order valence-electron chi connectivity index (χ4n) is 1.46. The highest BCUT2D eigenvalue weighted by Gasteiger charge is 2.00. The molecule has 2 N–H and O–H groups in total. The number of benzene rings is 2. The Balaban J connectivity index is 2.00. The lowest BCUT2D eigenvalue weighted by atomic mass is 10.3. The number of rotatable bonds is 4. The lowest BCUT2D eigenvalue weighted by Crippen LogP contribution is -2.12. The molecule has 0 aliphatic heterocycles. The number of amides is 1. The Labute approximate surface area is 110 Å². The molecule has 0 heterocycles. The monoisotopic (exact) mass is 256 g/mol. The van der Waals surface area contributed by atoms with Gasteiger partial charge in [-0.05, 0) is 36.4 Å². The molecule has 0 atom stereocenters. The Kier molecular flexibility index (Phi) is 4.12. The van der Waals surface area contributed by atoms with Crippen molar-refractivity contribution in [1.82, 2.24) is 0 Å². The normalized spacial score (nSPS) is 10.3. The number of nitrogens with one attached hydrogen (secondary N) is 1. The van der Waals surface area contributed by atoms with Crippen LogP contribution in [0.2, 0.25) is 0 Å². The van der Waals surface area contributed by atoms with E-state index in [1.54, 1.807) is 24.3 Å². The second-order valence-corrected chi connectivity index (χ2v) is 3.67. The number of oxime groups is 1. The van der Waals surface area contributed by atoms with Gasteiger partial charge in [0.2, 0.25) is 0 Å². The Morgan fingerprint density at radius 3 is 2.32 bits per heavy atom. The molecule has 5 nitrogen and oxygen atoms in total. The zero-order valence-electron chi connectivity index (χ0n) is 9.98. The summed E-state index contributed by atoms with van der Waals surface area (Å²) in [5, 5.41) is 13.4. The Bertz CT molecular complexity index is 565. The topological polar surface area (TPSA) is 70.9 Å². The quantitative estimate of drug-likeness (QED) is 0.502. The molecule has 19 heavy (non-hydrogen) atoms. The summed E-state index contributed by atoms with van der Waals surface area (Å²) < 4.78 is 5.61. The van der Waals surface area contributed by atoms with Gasteiger partial charge in [-0.15, -0.1) is 0 Å². The molecule has 0 saturated heterocycles. The zero-order chi connectivity index (χ0) is 13.5. The molecule has 0 saturated carbocycles. The van der Waals surface area contributed by atoms with Crippen LogP contribution in [0.25, 0.3) is 0 Å². The van der Waals surface area contributed by atoms with Crippen molar-refractivity contribution in [1.29, 1.82) is 0 Å². The molecule has 96 valence electrons. The number of ether oxygens (including phenoxy) is 1. The molecule has 0 radical (unpaired) electrons. The van der Waals surface area contributed by atoms with Crippen molar-refractivity contribution in [2.75, 3.05) is 5.32 Å². The summed E-state index contributed by atoms with van der Waals surface area (Å²) in [5.41, 5.74) is 0.588. The van der Waals surface area contributed by atoms with Crippen LogP contribution in [0.15, 0.2) is 59.8 Å². The van der Waals surface area contributed by atoms with Crippen LogP contribution in [0.5, 0.6) is 11.5 Å². The summed E-state index contributed by atoms with van der Waals surface area (Å²) in [7, 11) is 0. The van der Waals surface area contributed by atoms with Crippen molar-refractivity contribution in [3.63, 3.8) is 0 Å². The van der Waals surface area contributed by atoms with Crippen molar-refractivity contribution >= 4 is 17.8 Å². The molecule has 0 aromatic heterocycles. The van der Waals surface area contributed by atoms with E-state index in [0.29, 0.717) is 11.4 Å². The lowest BCUT2D eigenvalue weighted by Gasteiger charge is -2.06. The first kappa shape index (κ1) is 12.6. The number of hydrogen-bond acceptors (Lipinski definition) is 4. The van der Waals surface area contributed by atoms with Gasteiger partial charge in [-0.25, -0.2) is 0 Å². The van der Waals surface area contributed by atoms with Gasteiger partial charge >= 0.3 is 0 Å². The van der Waals surface area contributed by atoms with Crippen LogP contribution >= 0.6 is 0 Å². The zero-order valence-corrected chi connectivity index (χ0v) is 9.98. The molecule has 2 aromatic carbocycles. The van der Waals surface area contributed by atoms with Crippen molar-refractivity contribution in [3.8, 4) is 11.5 Å². The van der Waals surface area contributed by atoms with E-state index in [9.17, 15) is 4.79 Å². The summed E-state index contributed by atoms with van der Waals surface area (Å²) in [4.78, 5) is 11.1. The maximum absolute atomic E-state index is 11.1. The van der Waals surface area contributed by atoms with Crippen LogP contribution in [0.3, 0.4) is 0 Å². The van der Waals surface area contributed by atoms with Crippen molar-refractivity contribution in [3.05, 3.63) is 54.6 Å². The van der Waals surface area contributed by atoms with E-state index in [1.165, 1.54) is 0 Å². The molecule has 0 fully saturated rings. The van der Waals surface area contributed by atoms with E-state index in [4.69, 9.17) is 9.94 Å². The summed E-state index contributed by atoms with van der Waals surface area (Å²) in [6, 6.07) is 16.3. The molecule has 0 aliphatic rings. The minimum atomic E-state index is -0.501. The molecule has 0 bridgehead atoms. The number of nitrogens with zero attached hydrogens (tertiary/aromatic N) is 1. The predicted octanol–water partition coefficient (Wildman–Crippen LogP) is 2.88. The number of carbonyl (C=O) groups excluding carboxylic acids is 1. The van der Waals surface area contributed by atoms with Crippen molar-refractivity contribution < 1.29 is 14.7 Å². The summed E-state index contributed by atoms with van der Waals surface area (Å²) in [6.07, 6.45) is 0.786. The van der Waals surface area contributed by atoms with Gasteiger partial charge in [-0.3, -0.25) is 4.79 Å². The molecule has 2 aromatic rings. The Morgan fingerprint density at radius 1 is 1.05 bits per heavy atom. The Morgan fingerprint density at radius 2 is 1.68 bits per heavy atom. The van der Waals surface area contributed by atoms with E-state index in [1.807, 2.05) is 30.3 Å². The van der Waals surface area contributed by atoms with E-state index in [2.05, 4.69) is 10.5 Å². The maximum atomic E-state index is 11.1. The van der Waals surface area contributed by atoms with Gasteiger partial charge in [0.25, 0.3) is 5.91 Å². The van der Waals surface area contributed by atoms with E-state index in [-0.39, 0.29) is 0 Å². The summed E-state index contributed by atoms with van der Waals surface area (Å²) in [6.45, 7) is 0. The minimum absolute atomic E-state index is 0.501. The van der Waals surface area contributed by atoms with Crippen LogP contribution in [0.4, 0.5) is 5.69 Å². The van der Waals surface area contributed by atoms with Gasteiger partial charge < -0.3 is 15.3 Å². The molecule has 0 spiro atoms. The molecular formula is C14H12N2O3. The third kappa shape index (κ3) is 3.85. The van der Waals surface area contributed by atoms with Crippen molar-refractivity contribution in [2.24, 2.45) is 5.16 Å². The maximum Gasteiger partial charge on any atom is 0.270 e. The number of anilines is 1. The third-order valence-corrected chi connectivity index (χ3v) is 2.28. The van der Waals surface area contributed by atoms with E-state index >= 15 is 0 Å². The molecule has 1 amide bonds. The first-order valence-electron chi connectivity index (χ1n) is 5.59. The SMILES string of the molecule is O=C(C=NO)Nc1ccc(Oc2ccccc2)cc1. The average molecular weight is 256 g/mol. The highest BCUT2D eigenvalue weighted by atomic mass is 16.5. The second kappa shape index (κ2) is 6.20. The molecular weight excluding hydrogens is 244 g/mol. The van der Waals surface area contributed by atoms with Gasteiger partial charge in [0, 0.05) is 5.69 Å². The number of para-hydroxylation sites is 1. The van der Waals surface area contributed by atoms with Gasteiger partial charge in [0.05, 0.1) is 0 Å². The van der Waals surface area contributed by atoms with Gasteiger partial charge in [-0.2, -0.15) is 0 Å². The third-order valence-electron chi connectivity index (χ3n) is 2.28. The van der Waals surface area contributed by atoms with Crippen molar-refractivity contribution in [2.45, 2.75) is 0 Å². The minimum Gasteiger partial charge on any atom is -0.457 e. The van der Waals surface area contributed by atoms with E-state index < -0.39 is 5.91 Å². The highest BCUT2D eigenvalue weighted by molar-refractivity contribution is 6.31. The summed E-state index contributed by atoms with van der Waals surface area (Å²) >= 11 is 0. The Hall–Kier alpha value is -2.82. The standard InChI is InChI=1S/C14H12N2O3/c17-14(10-15-18)16-11-6-8-13(9-7-11)19-12-4-2-1-3-5-12/h1-10,18H,(H,16,17). The fourth-order valence-corrected chi connectivity index (χ4v) is 1.46. The number of hydrogen-bond donors (Lipinski definition) is 2. The average Bonchev–Trinajstić information content (AvgIpc) is 2.42. The highest BCUT2D eigenvalue weighted by Crippen LogP contribution is 2.22. The summed E-state index contributed by atoms with van der Waals surface area (Å²) in [5.74, 6) is 0.908. The van der Waals surface area contributed by atoms with Crippen LogP contribution in [-0.4, -0.2) is 17.3 Å². The fraction of sp³-hybridized carbons (Fsp3) is 0. The van der Waals surface area contributed by atoms with E-state index in [0.717, 1.165) is 12.0 Å². The van der Waals surface area contributed by atoms with Crippen LogP contribution in [0, 0.1) is 0 Å². The van der Waals surface area contributed by atoms with Crippen LogP contribution in [-0.2, 0) is 4.79 Å². The largest absolute Gasteiger partial charge is 0.457 e. The first-order chi connectivity index (χ1) is 9.28. The lowest BCUT2D eigenvalue weighted by molar-refractivity contribution is -0.110. The molecule has 0 unspecified atom stereocenters. The second-order valence-electron chi connectivity index (χ2n) is 3.67. The van der Waals surface area contributed by atoms with Crippen LogP contribution < -0.4 is 10.1 Å². The smallest absolute Gasteiger partial charge is 0.270 e. The van der Waals surface area contributed by atoms with Crippen LogP contribution in [0.1, 0.15) is 0 Å². The van der Waals surface area contributed by atoms with Gasteiger partial charge in [0.15, 0.2) is 0 Å². The van der Waals surface area contributed by atoms with Gasteiger partial charge in [-0.1, -0.05) is 23.4 Å². The number of carbonyl (C=O) groups is 1.